The number of Topliss-reactive ketones (excluding diaryl/α,β-unsaturated/α-hetero) is 1. The maximum atomic E-state index is 14.6. The molecule has 1 aliphatic heterocycles. The summed E-state index contributed by atoms with van der Waals surface area (Å²) in [5.74, 6) is -0.457. The van der Waals surface area contributed by atoms with Gasteiger partial charge < -0.3 is 9.30 Å². The molecule has 0 radical (unpaired) electrons. The van der Waals surface area contributed by atoms with Crippen LogP contribution in [0, 0.1) is 5.82 Å². The number of carbonyl (C=O) groups excluding carboxylic acids is 1. The molecule has 0 atom stereocenters. The Morgan fingerprint density at radius 3 is 2.44 bits per heavy atom. The van der Waals surface area contributed by atoms with Crippen LogP contribution in [0.15, 0.2) is 72.9 Å². The third kappa shape index (κ3) is 3.89. The zero-order chi connectivity index (χ0) is 22.1. The molecular weight excluding hydrogens is 403 g/mol. The minimum absolute atomic E-state index is 0.123. The summed E-state index contributed by atoms with van der Waals surface area (Å²) >= 11 is 0. The van der Waals surface area contributed by atoms with Crippen LogP contribution in [0.4, 0.5) is 10.1 Å². The quantitative estimate of drug-likeness (QED) is 0.434. The van der Waals surface area contributed by atoms with Gasteiger partial charge in [0.05, 0.1) is 17.1 Å². The largest absolute Gasteiger partial charge is 0.367 e. The van der Waals surface area contributed by atoms with Crippen LogP contribution in [0.5, 0.6) is 0 Å². The van der Waals surface area contributed by atoms with Gasteiger partial charge in [-0.2, -0.15) is 0 Å². The molecule has 5 nitrogen and oxygen atoms in total. The molecule has 0 bridgehead atoms. The normalized spacial score (nSPS) is 14.8. The van der Waals surface area contributed by atoms with E-state index in [-0.39, 0.29) is 11.6 Å². The second-order valence-electron chi connectivity index (χ2n) is 8.19. The Kier molecular flexibility index (Phi) is 5.45. The molecule has 3 heterocycles. The molecule has 32 heavy (non-hydrogen) atoms. The van der Waals surface area contributed by atoms with E-state index >= 15 is 0 Å². The van der Waals surface area contributed by atoms with Gasteiger partial charge in [-0.15, -0.1) is 0 Å². The molecule has 0 unspecified atom stereocenters. The van der Waals surface area contributed by atoms with E-state index in [0.29, 0.717) is 11.3 Å². The number of fused-ring (bicyclic) bond motifs is 1. The van der Waals surface area contributed by atoms with Gasteiger partial charge in [0.1, 0.15) is 11.5 Å². The molecular formula is C26H25FN4O. The van der Waals surface area contributed by atoms with Crippen molar-refractivity contribution in [1.82, 2.24) is 14.3 Å². The average Bonchev–Trinajstić information content (AvgIpc) is 3.18. The van der Waals surface area contributed by atoms with Gasteiger partial charge >= 0.3 is 0 Å². The second-order valence-corrected chi connectivity index (χ2v) is 8.19. The fraction of sp³-hybridized carbons (Fsp3) is 0.231. The molecule has 5 rings (SSSR count). The van der Waals surface area contributed by atoms with E-state index < -0.39 is 0 Å². The lowest BCUT2D eigenvalue weighted by molar-refractivity contribution is 0.101. The minimum Gasteiger partial charge on any atom is -0.367 e. The van der Waals surface area contributed by atoms with Crippen LogP contribution >= 0.6 is 0 Å². The summed E-state index contributed by atoms with van der Waals surface area (Å²) in [7, 11) is 0. The summed E-state index contributed by atoms with van der Waals surface area (Å²) in [5.41, 5.74) is 5.19. The minimum atomic E-state index is -0.334. The Morgan fingerprint density at radius 2 is 1.72 bits per heavy atom. The van der Waals surface area contributed by atoms with Crippen molar-refractivity contribution in [2.75, 3.05) is 31.1 Å². The van der Waals surface area contributed by atoms with E-state index in [4.69, 9.17) is 4.98 Å². The molecule has 0 spiro atoms. The van der Waals surface area contributed by atoms with Gasteiger partial charge in [-0.1, -0.05) is 36.4 Å². The van der Waals surface area contributed by atoms with Gasteiger partial charge in [-0.05, 0) is 37.3 Å². The molecule has 2 aromatic carbocycles. The number of hydrogen-bond acceptors (Lipinski definition) is 4. The lowest BCUT2D eigenvalue weighted by Crippen LogP contribution is -2.46. The first-order chi connectivity index (χ1) is 15.6. The van der Waals surface area contributed by atoms with Crippen molar-refractivity contribution in [2.24, 2.45) is 0 Å². The number of pyridine rings is 1. The number of benzene rings is 2. The zero-order valence-corrected chi connectivity index (χ0v) is 18.0. The Hall–Kier alpha value is -3.51. The second kappa shape index (κ2) is 8.55. The summed E-state index contributed by atoms with van der Waals surface area (Å²) < 4.78 is 16.8. The van der Waals surface area contributed by atoms with E-state index in [1.165, 1.54) is 13.0 Å². The Bertz CT molecular complexity index is 1260. The maximum absolute atomic E-state index is 14.6. The monoisotopic (exact) mass is 428 g/mol. The molecule has 0 saturated carbocycles. The number of carbonyl (C=O) groups is 1. The van der Waals surface area contributed by atoms with Crippen LogP contribution in [-0.4, -0.2) is 46.2 Å². The molecule has 0 aliphatic carbocycles. The number of rotatable bonds is 5. The molecule has 0 N–H and O–H groups in total. The van der Waals surface area contributed by atoms with Crippen molar-refractivity contribution >= 4 is 17.1 Å². The molecule has 6 heteroatoms. The van der Waals surface area contributed by atoms with Crippen LogP contribution in [-0.2, 0) is 6.54 Å². The number of imidazole rings is 1. The Labute approximate surface area is 186 Å². The van der Waals surface area contributed by atoms with Gasteiger partial charge in [0.25, 0.3) is 0 Å². The summed E-state index contributed by atoms with van der Waals surface area (Å²) in [5, 5.41) is 0. The van der Waals surface area contributed by atoms with Gasteiger partial charge in [0, 0.05) is 50.0 Å². The van der Waals surface area contributed by atoms with Crippen molar-refractivity contribution in [3.05, 3.63) is 90.0 Å². The van der Waals surface area contributed by atoms with Crippen molar-refractivity contribution in [2.45, 2.75) is 13.5 Å². The number of piperazine rings is 1. The highest BCUT2D eigenvalue weighted by Crippen LogP contribution is 2.27. The fourth-order valence-electron chi connectivity index (χ4n) is 4.37. The van der Waals surface area contributed by atoms with Gasteiger partial charge in [-0.25, -0.2) is 9.37 Å². The predicted molar refractivity (Wildman–Crippen MR) is 125 cm³/mol. The lowest BCUT2D eigenvalue weighted by atomic mass is 10.1. The summed E-state index contributed by atoms with van der Waals surface area (Å²) in [6.45, 7) is 5.33. The maximum Gasteiger partial charge on any atom is 0.159 e. The summed E-state index contributed by atoms with van der Waals surface area (Å²) in [6, 6.07) is 21.1. The molecule has 1 saturated heterocycles. The topological polar surface area (TPSA) is 40.9 Å². The van der Waals surface area contributed by atoms with Crippen LogP contribution in [0.3, 0.4) is 0 Å². The first-order valence-electron chi connectivity index (χ1n) is 10.9. The number of halogens is 1. The third-order valence-electron chi connectivity index (χ3n) is 6.12. The Morgan fingerprint density at radius 1 is 0.969 bits per heavy atom. The van der Waals surface area contributed by atoms with E-state index in [2.05, 4.69) is 32.5 Å². The fourth-order valence-corrected chi connectivity index (χ4v) is 4.37. The molecule has 0 amide bonds. The predicted octanol–water partition coefficient (Wildman–Crippen LogP) is 4.67. The SMILES string of the molecule is CC(=O)c1ccc(N2CCN(Cc3c(-c4ccccc4)nc4ccccn34)CC2)c(F)c1. The number of aromatic nitrogens is 2. The number of ketones is 1. The van der Waals surface area contributed by atoms with E-state index in [0.717, 1.165) is 55.3 Å². The van der Waals surface area contributed by atoms with Crippen molar-refractivity contribution < 1.29 is 9.18 Å². The Balaban J connectivity index is 1.35. The van der Waals surface area contributed by atoms with E-state index in [9.17, 15) is 9.18 Å². The zero-order valence-electron chi connectivity index (χ0n) is 18.0. The highest BCUT2D eigenvalue weighted by atomic mass is 19.1. The first kappa shape index (κ1) is 20.4. The first-order valence-corrected chi connectivity index (χ1v) is 10.9. The lowest BCUT2D eigenvalue weighted by Gasteiger charge is -2.36. The van der Waals surface area contributed by atoms with E-state index in [1.807, 2.05) is 36.4 Å². The summed E-state index contributed by atoms with van der Waals surface area (Å²) in [4.78, 5) is 20.9. The standard InChI is InChI=1S/C26H25FN4O/c1-19(32)21-10-11-23(22(27)17-21)30-15-13-29(14-16-30)18-24-26(20-7-3-2-4-8-20)28-25-9-5-6-12-31(24)25/h2-12,17H,13-16,18H2,1H3. The number of nitrogens with zero attached hydrogens (tertiary/aromatic N) is 4. The molecule has 162 valence electrons. The van der Waals surface area contributed by atoms with Gasteiger partial charge in [0.2, 0.25) is 0 Å². The van der Waals surface area contributed by atoms with Crippen LogP contribution < -0.4 is 4.90 Å². The van der Waals surface area contributed by atoms with E-state index in [1.54, 1.807) is 12.1 Å². The molecule has 1 aliphatic rings. The molecule has 4 aromatic rings. The number of anilines is 1. The average molecular weight is 429 g/mol. The molecule has 1 fully saturated rings. The van der Waals surface area contributed by atoms with Crippen LogP contribution in [0.25, 0.3) is 16.9 Å². The smallest absolute Gasteiger partial charge is 0.159 e. The van der Waals surface area contributed by atoms with Crippen LogP contribution in [0.1, 0.15) is 23.0 Å². The summed E-state index contributed by atoms with van der Waals surface area (Å²) in [6.07, 6.45) is 2.06. The highest BCUT2D eigenvalue weighted by molar-refractivity contribution is 5.94. The van der Waals surface area contributed by atoms with Gasteiger partial charge in [-0.3, -0.25) is 9.69 Å². The highest BCUT2D eigenvalue weighted by Gasteiger charge is 2.23. The molecule has 2 aromatic heterocycles. The van der Waals surface area contributed by atoms with Crippen molar-refractivity contribution in [3.8, 4) is 11.3 Å². The van der Waals surface area contributed by atoms with Gasteiger partial charge in [0.15, 0.2) is 5.78 Å². The third-order valence-corrected chi connectivity index (χ3v) is 6.12. The number of hydrogen-bond donors (Lipinski definition) is 0. The van der Waals surface area contributed by atoms with Crippen molar-refractivity contribution in [3.63, 3.8) is 0 Å². The van der Waals surface area contributed by atoms with Crippen molar-refractivity contribution in [1.29, 1.82) is 0 Å². The van der Waals surface area contributed by atoms with Crippen LogP contribution in [0.2, 0.25) is 0 Å².